The zero-order chi connectivity index (χ0) is 14.3. The van der Waals surface area contributed by atoms with E-state index >= 15 is 0 Å². The average Bonchev–Trinajstić information content (AvgIpc) is 2.36. The standard InChI is InChI=1S/C15H23NO3/c1-11(16-15(19)10-4-12(2)17)3-5-13-6-8-14(18)9-7-13/h6-9,11-12,17-18H,3-5,10H2,1-2H3,(H,16,19). The molecule has 0 aromatic heterocycles. The van der Waals surface area contributed by atoms with Crippen LogP contribution in [-0.2, 0) is 11.2 Å². The highest BCUT2D eigenvalue weighted by Gasteiger charge is 2.08. The summed E-state index contributed by atoms with van der Waals surface area (Å²) in [5.41, 5.74) is 1.14. The highest BCUT2D eigenvalue weighted by Crippen LogP contribution is 2.12. The second-order valence-electron chi connectivity index (χ2n) is 5.06. The highest BCUT2D eigenvalue weighted by atomic mass is 16.3. The lowest BCUT2D eigenvalue weighted by molar-refractivity contribution is -0.122. The van der Waals surface area contributed by atoms with E-state index in [0.29, 0.717) is 12.8 Å². The molecule has 0 fully saturated rings. The van der Waals surface area contributed by atoms with Gasteiger partial charge in [0.05, 0.1) is 6.10 Å². The molecule has 0 spiro atoms. The smallest absolute Gasteiger partial charge is 0.220 e. The van der Waals surface area contributed by atoms with Gasteiger partial charge in [-0.1, -0.05) is 12.1 Å². The molecule has 19 heavy (non-hydrogen) atoms. The van der Waals surface area contributed by atoms with E-state index in [2.05, 4.69) is 5.32 Å². The van der Waals surface area contributed by atoms with Gasteiger partial charge in [0, 0.05) is 12.5 Å². The van der Waals surface area contributed by atoms with Crippen molar-refractivity contribution in [3.63, 3.8) is 0 Å². The second-order valence-corrected chi connectivity index (χ2v) is 5.06. The van der Waals surface area contributed by atoms with E-state index < -0.39 is 6.10 Å². The number of aryl methyl sites for hydroxylation is 1. The van der Waals surface area contributed by atoms with Gasteiger partial charge in [-0.3, -0.25) is 4.79 Å². The van der Waals surface area contributed by atoms with Crippen molar-refractivity contribution >= 4 is 5.91 Å². The number of aliphatic hydroxyl groups excluding tert-OH is 1. The molecule has 0 saturated carbocycles. The lowest BCUT2D eigenvalue weighted by Crippen LogP contribution is -2.33. The molecule has 0 bridgehead atoms. The van der Waals surface area contributed by atoms with Gasteiger partial charge in [-0.15, -0.1) is 0 Å². The summed E-state index contributed by atoms with van der Waals surface area (Å²) in [5.74, 6) is 0.252. The molecular formula is C15H23NO3. The average molecular weight is 265 g/mol. The number of phenolic OH excluding ortho intramolecular Hbond substituents is 1. The van der Waals surface area contributed by atoms with Crippen LogP contribution in [0.15, 0.2) is 24.3 Å². The van der Waals surface area contributed by atoms with Crippen LogP contribution in [0.5, 0.6) is 5.75 Å². The Labute approximate surface area is 114 Å². The maximum absolute atomic E-state index is 11.6. The van der Waals surface area contributed by atoms with Crippen molar-refractivity contribution in [3.8, 4) is 5.75 Å². The van der Waals surface area contributed by atoms with E-state index in [1.165, 1.54) is 0 Å². The number of carbonyl (C=O) groups is 1. The number of phenols is 1. The van der Waals surface area contributed by atoms with Crippen molar-refractivity contribution in [1.82, 2.24) is 5.32 Å². The Kier molecular flexibility index (Phi) is 6.36. The molecule has 4 nitrogen and oxygen atoms in total. The third kappa shape index (κ3) is 6.82. The van der Waals surface area contributed by atoms with Gasteiger partial charge in [0.2, 0.25) is 5.91 Å². The molecule has 0 aliphatic carbocycles. The fourth-order valence-corrected chi connectivity index (χ4v) is 1.80. The van der Waals surface area contributed by atoms with Gasteiger partial charge in [0.1, 0.15) is 5.75 Å². The number of benzene rings is 1. The van der Waals surface area contributed by atoms with Gasteiger partial charge >= 0.3 is 0 Å². The van der Waals surface area contributed by atoms with Crippen LogP contribution in [0.4, 0.5) is 0 Å². The van der Waals surface area contributed by atoms with Crippen LogP contribution in [0.1, 0.15) is 38.7 Å². The van der Waals surface area contributed by atoms with Crippen LogP contribution in [0.3, 0.4) is 0 Å². The lowest BCUT2D eigenvalue weighted by Gasteiger charge is -2.14. The molecule has 0 saturated heterocycles. The predicted octanol–water partition coefficient (Wildman–Crippen LogP) is 1.99. The number of hydrogen-bond donors (Lipinski definition) is 3. The third-order valence-electron chi connectivity index (χ3n) is 3.00. The predicted molar refractivity (Wildman–Crippen MR) is 74.9 cm³/mol. The third-order valence-corrected chi connectivity index (χ3v) is 3.00. The molecule has 1 aromatic rings. The fraction of sp³-hybridized carbons (Fsp3) is 0.533. The Morgan fingerprint density at radius 1 is 1.21 bits per heavy atom. The van der Waals surface area contributed by atoms with Crippen LogP contribution in [-0.4, -0.2) is 28.3 Å². The van der Waals surface area contributed by atoms with Crippen molar-refractivity contribution in [1.29, 1.82) is 0 Å². The van der Waals surface area contributed by atoms with Crippen molar-refractivity contribution in [2.45, 2.75) is 51.7 Å². The van der Waals surface area contributed by atoms with E-state index in [1.807, 2.05) is 19.1 Å². The largest absolute Gasteiger partial charge is 0.508 e. The summed E-state index contributed by atoms with van der Waals surface area (Å²) in [6.07, 6.45) is 2.14. The molecule has 106 valence electrons. The van der Waals surface area contributed by atoms with Crippen molar-refractivity contribution in [3.05, 3.63) is 29.8 Å². The van der Waals surface area contributed by atoms with Crippen LogP contribution >= 0.6 is 0 Å². The zero-order valence-corrected chi connectivity index (χ0v) is 11.6. The van der Waals surface area contributed by atoms with Gasteiger partial charge in [-0.25, -0.2) is 0 Å². The first-order chi connectivity index (χ1) is 8.97. The van der Waals surface area contributed by atoms with Crippen LogP contribution < -0.4 is 5.32 Å². The maximum atomic E-state index is 11.6. The fourth-order valence-electron chi connectivity index (χ4n) is 1.80. The van der Waals surface area contributed by atoms with E-state index in [4.69, 9.17) is 5.11 Å². The first-order valence-electron chi connectivity index (χ1n) is 6.72. The number of aliphatic hydroxyl groups is 1. The number of nitrogens with one attached hydrogen (secondary N) is 1. The van der Waals surface area contributed by atoms with E-state index in [1.54, 1.807) is 19.1 Å². The topological polar surface area (TPSA) is 69.6 Å². The maximum Gasteiger partial charge on any atom is 0.220 e. The monoisotopic (exact) mass is 265 g/mol. The summed E-state index contributed by atoms with van der Waals surface area (Å²) < 4.78 is 0. The molecule has 0 aliphatic heterocycles. The number of hydrogen-bond acceptors (Lipinski definition) is 3. The molecule has 3 N–H and O–H groups in total. The molecule has 1 amide bonds. The van der Waals surface area contributed by atoms with Gasteiger partial charge in [0.25, 0.3) is 0 Å². The minimum absolute atomic E-state index is 0.0147. The summed E-state index contributed by atoms with van der Waals surface area (Å²) >= 11 is 0. The molecule has 0 heterocycles. The summed E-state index contributed by atoms with van der Waals surface area (Å²) in [6.45, 7) is 3.65. The number of rotatable bonds is 7. The minimum atomic E-state index is -0.432. The Morgan fingerprint density at radius 3 is 2.42 bits per heavy atom. The lowest BCUT2D eigenvalue weighted by atomic mass is 10.1. The molecule has 2 unspecified atom stereocenters. The Balaban J connectivity index is 2.25. The van der Waals surface area contributed by atoms with Crippen molar-refractivity contribution < 1.29 is 15.0 Å². The summed E-state index contributed by atoms with van der Waals surface area (Å²) in [5, 5.41) is 21.2. The number of carbonyl (C=O) groups excluding carboxylic acids is 1. The van der Waals surface area contributed by atoms with Gasteiger partial charge < -0.3 is 15.5 Å². The molecule has 0 aliphatic rings. The van der Waals surface area contributed by atoms with Gasteiger partial charge in [0.15, 0.2) is 0 Å². The first kappa shape index (κ1) is 15.5. The van der Waals surface area contributed by atoms with Crippen LogP contribution in [0, 0.1) is 0 Å². The van der Waals surface area contributed by atoms with Gasteiger partial charge in [-0.2, -0.15) is 0 Å². The SMILES string of the molecule is CC(O)CCC(=O)NC(C)CCc1ccc(O)cc1. The normalized spacial score (nSPS) is 13.8. The van der Waals surface area contributed by atoms with Crippen molar-refractivity contribution in [2.75, 3.05) is 0 Å². The summed E-state index contributed by atoms with van der Waals surface area (Å²) in [7, 11) is 0. The summed E-state index contributed by atoms with van der Waals surface area (Å²) in [4.78, 5) is 11.6. The van der Waals surface area contributed by atoms with Crippen molar-refractivity contribution in [2.24, 2.45) is 0 Å². The Morgan fingerprint density at radius 2 is 1.84 bits per heavy atom. The Bertz CT molecular complexity index is 387. The quantitative estimate of drug-likeness (QED) is 0.706. The van der Waals surface area contributed by atoms with Crippen LogP contribution in [0.2, 0.25) is 0 Å². The van der Waals surface area contributed by atoms with Crippen LogP contribution in [0.25, 0.3) is 0 Å². The summed E-state index contributed by atoms with van der Waals surface area (Å²) in [6, 6.07) is 7.21. The molecule has 2 atom stereocenters. The zero-order valence-electron chi connectivity index (χ0n) is 11.6. The van der Waals surface area contributed by atoms with E-state index in [9.17, 15) is 9.90 Å². The minimum Gasteiger partial charge on any atom is -0.508 e. The highest BCUT2D eigenvalue weighted by molar-refractivity contribution is 5.76. The van der Waals surface area contributed by atoms with Gasteiger partial charge in [-0.05, 0) is 50.8 Å². The molecule has 1 aromatic carbocycles. The molecule has 4 heteroatoms. The molecule has 0 radical (unpaired) electrons. The Hall–Kier alpha value is -1.55. The number of aromatic hydroxyl groups is 1. The molecular weight excluding hydrogens is 242 g/mol. The van der Waals surface area contributed by atoms with E-state index in [0.717, 1.165) is 18.4 Å². The number of amides is 1. The molecule has 1 rings (SSSR count). The second kappa shape index (κ2) is 7.79. The van der Waals surface area contributed by atoms with E-state index in [-0.39, 0.29) is 17.7 Å². The first-order valence-corrected chi connectivity index (χ1v) is 6.72.